The number of pyridine rings is 1. The Balaban J connectivity index is 2.58. The van der Waals surface area contributed by atoms with Gasteiger partial charge in [0, 0.05) is 12.3 Å². The van der Waals surface area contributed by atoms with Crippen LogP contribution in [-0.2, 0) is 0 Å². The molecule has 0 saturated heterocycles. The van der Waals surface area contributed by atoms with Crippen molar-refractivity contribution in [3.05, 3.63) is 39.3 Å². The Labute approximate surface area is 89.2 Å². The molecule has 2 N–H and O–H groups in total. The second-order valence-corrected chi connectivity index (χ2v) is 2.93. The largest absolute Gasteiger partial charge is 0.497 e. The summed E-state index contributed by atoms with van der Waals surface area (Å²) in [7, 11) is 1.51. The minimum absolute atomic E-state index is 0.104. The van der Waals surface area contributed by atoms with E-state index >= 15 is 0 Å². The van der Waals surface area contributed by atoms with E-state index in [2.05, 4.69) is 15.0 Å². The Morgan fingerprint density at radius 3 is 2.81 bits per heavy atom. The van der Waals surface area contributed by atoms with Crippen molar-refractivity contribution in [1.29, 1.82) is 0 Å². The van der Waals surface area contributed by atoms with Gasteiger partial charge in [-0.1, -0.05) is 0 Å². The molecule has 82 valence electrons. The van der Waals surface area contributed by atoms with E-state index in [9.17, 15) is 9.59 Å². The summed E-state index contributed by atoms with van der Waals surface area (Å²) in [5.74, 6) is 0.667. The second kappa shape index (κ2) is 3.97. The Hall–Kier alpha value is -2.44. The standard InChI is InChI=1S/C9H8N4O3/c1-16-5-2-3-10-6(4-5)7-11-8(14)13-9(15)12-7/h2-4H,1H3,(H2,11,12,13,14,15). The first-order valence-corrected chi connectivity index (χ1v) is 4.40. The van der Waals surface area contributed by atoms with Gasteiger partial charge >= 0.3 is 11.4 Å². The summed E-state index contributed by atoms with van der Waals surface area (Å²) in [6.07, 6.45) is 1.50. The highest BCUT2D eigenvalue weighted by atomic mass is 16.5. The van der Waals surface area contributed by atoms with Gasteiger partial charge in [0.25, 0.3) is 0 Å². The van der Waals surface area contributed by atoms with Gasteiger partial charge in [0.1, 0.15) is 11.4 Å². The number of H-pyrrole nitrogens is 2. The molecule has 0 aliphatic carbocycles. The Kier molecular flexibility index (Phi) is 2.50. The molecule has 0 unspecified atom stereocenters. The smallest absolute Gasteiger partial charge is 0.351 e. The zero-order valence-corrected chi connectivity index (χ0v) is 8.35. The lowest BCUT2D eigenvalue weighted by Gasteiger charge is -2.01. The topological polar surface area (TPSA) is 101 Å². The molecule has 0 radical (unpaired) electrons. The summed E-state index contributed by atoms with van der Waals surface area (Å²) in [5, 5.41) is 0. The van der Waals surface area contributed by atoms with E-state index in [1.165, 1.54) is 13.3 Å². The van der Waals surface area contributed by atoms with Gasteiger partial charge in [-0.15, -0.1) is 0 Å². The first kappa shape index (κ1) is 10.1. The molecule has 0 saturated carbocycles. The maximum absolute atomic E-state index is 11.0. The third-order valence-corrected chi connectivity index (χ3v) is 1.88. The van der Waals surface area contributed by atoms with Crippen molar-refractivity contribution < 1.29 is 4.74 Å². The van der Waals surface area contributed by atoms with Gasteiger partial charge in [0.15, 0.2) is 5.82 Å². The number of ether oxygens (including phenoxy) is 1. The zero-order valence-electron chi connectivity index (χ0n) is 8.35. The maximum Gasteiger partial charge on any atom is 0.351 e. The molecule has 7 nitrogen and oxygen atoms in total. The van der Waals surface area contributed by atoms with Crippen LogP contribution in [0.15, 0.2) is 27.9 Å². The Morgan fingerprint density at radius 2 is 2.12 bits per heavy atom. The van der Waals surface area contributed by atoms with E-state index in [-0.39, 0.29) is 5.82 Å². The van der Waals surface area contributed by atoms with Gasteiger partial charge in [-0.05, 0) is 6.07 Å². The number of aromatic nitrogens is 4. The molecule has 2 aromatic rings. The van der Waals surface area contributed by atoms with Gasteiger partial charge in [-0.3, -0.25) is 15.0 Å². The van der Waals surface area contributed by atoms with Gasteiger partial charge in [-0.25, -0.2) is 9.59 Å². The number of nitrogens with one attached hydrogen (secondary N) is 2. The van der Waals surface area contributed by atoms with Crippen LogP contribution in [0.2, 0.25) is 0 Å². The summed E-state index contributed by atoms with van der Waals surface area (Å²) in [6, 6.07) is 3.21. The molecule has 0 fully saturated rings. The van der Waals surface area contributed by atoms with Gasteiger partial charge < -0.3 is 4.74 Å². The fourth-order valence-corrected chi connectivity index (χ4v) is 1.18. The summed E-state index contributed by atoms with van der Waals surface area (Å²) < 4.78 is 4.99. The highest BCUT2D eigenvalue weighted by Gasteiger charge is 2.04. The highest BCUT2D eigenvalue weighted by molar-refractivity contribution is 5.50. The third kappa shape index (κ3) is 1.97. The number of hydrogen-bond acceptors (Lipinski definition) is 5. The Bertz CT molecular complexity index is 588. The lowest BCUT2D eigenvalue weighted by atomic mass is 10.3. The lowest BCUT2D eigenvalue weighted by Crippen LogP contribution is -2.25. The van der Waals surface area contributed by atoms with Crippen LogP contribution in [0, 0.1) is 0 Å². The van der Waals surface area contributed by atoms with E-state index in [1.807, 2.05) is 4.98 Å². The molecular formula is C9H8N4O3. The fraction of sp³-hybridized carbons (Fsp3) is 0.111. The molecule has 0 aliphatic rings. The number of methoxy groups -OCH3 is 1. The van der Waals surface area contributed by atoms with Crippen molar-refractivity contribution in [2.45, 2.75) is 0 Å². The molecular weight excluding hydrogens is 212 g/mol. The quantitative estimate of drug-likeness (QED) is 0.712. The predicted octanol–water partition coefficient (Wildman–Crippen LogP) is -0.471. The van der Waals surface area contributed by atoms with E-state index in [0.29, 0.717) is 11.4 Å². The van der Waals surface area contributed by atoms with Gasteiger partial charge in [-0.2, -0.15) is 4.98 Å². The number of hydrogen-bond donors (Lipinski definition) is 2. The van der Waals surface area contributed by atoms with Crippen molar-refractivity contribution in [2.75, 3.05) is 7.11 Å². The van der Waals surface area contributed by atoms with Gasteiger partial charge in [0.05, 0.1) is 7.11 Å². The molecule has 2 rings (SSSR count). The minimum Gasteiger partial charge on any atom is -0.497 e. The summed E-state index contributed by atoms with van der Waals surface area (Å²) in [5.41, 5.74) is -0.981. The molecule has 0 atom stereocenters. The fourth-order valence-electron chi connectivity index (χ4n) is 1.18. The van der Waals surface area contributed by atoms with Crippen LogP contribution < -0.4 is 16.1 Å². The van der Waals surface area contributed by atoms with Crippen molar-refractivity contribution in [2.24, 2.45) is 0 Å². The first-order chi connectivity index (χ1) is 7.69. The van der Waals surface area contributed by atoms with Crippen molar-refractivity contribution in [3.8, 4) is 17.3 Å². The van der Waals surface area contributed by atoms with Crippen LogP contribution in [0.1, 0.15) is 0 Å². The van der Waals surface area contributed by atoms with Crippen LogP contribution >= 0.6 is 0 Å². The molecule has 0 aromatic carbocycles. The number of rotatable bonds is 2. The summed E-state index contributed by atoms with van der Waals surface area (Å²) in [4.78, 5) is 33.9. The minimum atomic E-state index is -0.719. The summed E-state index contributed by atoms with van der Waals surface area (Å²) in [6.45, 7) is 0. The zero-order chi connectivity index (χ0) is 11.5. The maximum atomic E-state index is 11.0. The lowest BCUT2D eigenvalue weighted by molar-refractivity contribution is 0.414. The molecule has 0 spiro atoms. The van der Waals surface area contributed by atoms with Crippen LogP contribution in [0.5, 0.6) is 5.75 Å². The van der Waals surface area contributed by atoms with Crippen LogP contribution in [0.4, 0.5) is 0 Å². The molecule has 2 heterocycles. The van der Waals surface area contributed by atoms with Gasteiger partial charge in [0.2, 0.25) is 0 Å². The molecule has 16 heavy (non-hydrogen) atoms. The van der Waals surface area contributed by atoms with E-state index < -0.39 is 11.4 Å². The van der Waals surface area contributed by atoms with Crippen LogP contribution in [0.3, 0.4) is 0 Å². The first-order valence-electron chi connectivity index (χ1n) is 4.40. The second-order valence-electron chi connectivity index (χ2n) is 2.93. The number of aromatic amines is 2. The average Bonchev–Trinajstić information content (AvgIpc) is 2.28. The van der Waals surface area contributed by atoms with Crippen molar-refractivity contribution in [3.63, 3.8) is 0 Å². The average molecular weight is 220 g/mol. The molecule has 0 aliphatic heterocycles. The van der Waals surface area contributed by atoms with Crippen LogP contribution in [0.25, 0.3) is 11.5 Å². The SMILES string of the molecule is COc1ccnc(-c2nc(=O)[nH]c(=O)[nH]2)c1. The number of nitrogens with zero attached hydrogens (tertiary/aromatic N) is 2. The summed E-state index contributed by atoms with van der Waals surface area (Å²) >= 11 is 0. The van der Waals surface area contributed by atoms with E-state index in [0.717, 1.165) is 0 Å². The third-order valence-electron chi connectivity index (χ3n) is 1.88. The Morgan fingerprint density at radius 1 is 1.31 bits per heavy atom. The monoisotopic (exact) mass is 220 g/mol. The van der Waals surface area contributed by atoms with E-state index in [1.54, 1.807) is 12.1 Å². The van der Waals surface area contributed by atoms with E-state index in [4.69, 9.17) is 4.74 Å². The molecule has 0 bridgehead atoms. The predicted molar refractivity (Wildman–Crippen MR) is 55.3 cm³/mol. The van der Waals surface area contributed by atoms with Crippen molar-refractivity contribution >= 4 is 0 Å². The molecule has 7 heteroatoms. The molecule has 2 aromatic heterocycles. The normalized spacial score (nSPS) is 10.1. The molecule has 0 amide bonds. The van der Waals surface area contributed by atoms with Crippen molar-refractivity contribution in [1.82, 2.24) is 19.9 Å². The highest BCUT2D eigenvalue weighted by Crippen LogP contribution is 2.15. The van der Waals surface area contributed by atoms with Crippen LogP contribution in [-0.4, -0.2) is 27.0 Å².